The largest absolute Gasteiger partial charge is 0.497 e. The minimum absolute atomic E-state index is 0. The van der Waals surface area contributed by atoms with Crippen molar-refractivity contribution in [2.24, 2.45) is 0 Å². The number of hydrogen-bond acceptors (Lipinski definition) is 5. The molecule has 0 amide bonds. The van der Waals surface area contributed by atoms with E-state index < -0.39 is 10.0 Å². The van der Waals surface area contributed by atoms with Gasteiger partial charge in [0.25, 0.3) is 0 Å². The van der Waals surface area contributed by atoms with E-state index in [2.05, 4.69) is 10.0 Å². The van der Waals surface area contributed by atoms with Crippen molar-refractivity contribution in [2.75, 3.05) is 40.5 Å². The molecular weight excluding hydrogens is 304 g/mol. The maximum absolute atomic E-state index is 11.9. The van der Waals surface area contributed by atoms with Crippen molar-refractivity contribution in [1.82, 2.24) is 10.0 Å². The molecule has 0 radical (unpaired) electrons. The summed E-state index contributed by atoms with van der Waals surface area (Å²) in [6, 6.07) is 6.26. The van der Waals surface area contributed by atoms with Crippen molar-refractivity contribution >= 4 is 22.4 Å². The molecule has 0 aromatic heterocycles. The maximum Gasteiger partial charge on any atom is 0.240 e. The van der Waals surface area contributed by atoms with E-state index in [1.165, 1.54) is 19.2 Å². The smallest absolute Gasteiger partial charge is 0.240 e. The summed E-state index contributed by atoms with van der Waals surface area (Å²) in [6.45, 7) is 2.18. The van der Waals surface area contributed by atoms with Crippen molar-refractivity contribution < 1.29 is 17.9 Å². The first-order chi connectivity index (χ1) is 9.10. The van der Waals surface area contributed by atoms with Gasteiger partial charge in [-0.2, -0.15) is 0 Å². The minimum Gasteiger partial charge on any atom is -0.497 e. The van der Waals surface area contributed by atoms with Crippen molar-refractivity contribution in [3.8, 4) is 5.75 Å². The average molecular weight is 325 g/mol. The Balaban J connectivity index is 0.00000361. The summed E-state index contributed by atoms with van der Waals surface area (Å²) in [5.74, 6) is 0.625. The van der Waals surface area contributed by atoms with Crippen LogP contribution >= 0.6 is 12.4 Å². The summed E-state index contributed by atoms with van der Waals surface area (Å²) in [5, 5.41) is 3.06. The summed E-state index contributed by atoms with van der Waals surface area (Å²) in [4.78, 5) is 0.227. The molecule has 0 saturated heterocycles. The molecule has 116 valence electrons. The first-order valence-corrected chi connectivity index (χ1v) is 7.42. The third-order valence-corrected chi connectivity index (χ3v) is 3.92. The van der Waals surface area contributed by atoms with Crippen LogP contribution in [0.1, 0.15) is 0 Å². The molecule has 8 heteroatoms. The Morgan fingerprint density at radius 2 is 1.70 bits per heavy atom. The van der Waals surface area contributed by atoms with Gasteiger partial charge in [0, 0.05) is 26.7 Å². The quantitative estimate of drug-likeness (QED) is 0.652. The molecule has 0 spiro atoms. The molecule has 0 aliphatic heterocycles. The van der Waals surface area contributed by atoms with E-state index in [1.54, 1.807) is 19.2 Å². The van der Waals surface area contributed by atoms with Gasteiger partial charge in [0.15, 0.2) is 0 Å². The second kappa shape index (κ2) is 9.95. The van der Waals surface area contributed by atoms with Gasteiger partial charge in [-0.25, -0.2) is 13.1 Å². The van der Waals surface area contributed by atoms with Crippen LogP contribution in [0.4, 0.5) is 0 Å². The molecule has 0 aliphatic rings. The van der Waals surface area contributed by atoms with Crippen molar-refractivity contribution in [3.63, 3.8) is 0 Å². The standard InChI is InChI=1S/C12H20N2O4S.ClH/c1-17-10-9-13-7-8-14-19(15,16)12-5-3-11(18-2)4-6-12;/h3-6,13-14H,7-10H2,1-2H3;1H. The van der Waals surface area contributed by atoms with E-state index in [9.17, 15) is 8.42 Å². The SMILES string of the molecule is COCCNCCNS(=O)(=O)c1ccc(OC)cc1.Cl. The van der Waals surface area contributed by atoms with Crippen LogP contribution in [0.15, 0.2) is 29.2 Å². The number of halogens is 1. The molecule has 1 aromatic rings. The lowest BCUT2D eigenvalue weighted by Gasteiger charge is -2.08. The molecule has 0 aliphatic carbocycles. The lowest BCUT2D eigenvalue weighted by molar-refractivity contribution is 0.199. The Hall–Kier alpha value is -0.860. The Labute approximate surface area is 126 Å². The average Bonchev–Trinajstić information content (AvgIpc) is 2.43. The lowest BCUT2D eigenvalue weighted by atomic mass is 10.3. The number of sulfonamides is 1. The second-order valence-corrected chi connectivity index (χ2v) is 5.58. The minimum atomic E-state index is -3.45. The molecular formula is C12H21ClN2O4S. The molecule has 20 heavy (non-hydrogen) atoms. The highest BCUT2D eigenvalue weighted by Gasteiger charge is 2.12. The molecule has 0 heterocycles. The summed E-state index contributed by atoms with van der Waals surface area (Å²) < 4.78 is 36.2. The Bertz CT molecular complexity index is 465. The zero-order valence-corrected chi connectivity index (χ0v) is 13.2. The van der Waals surface area contributed by atoms with Gasteiger partial charge in [0.2, 0.25) is 10.0 Å². The van der Waals surface area contributed by atoms with Crippen LogP contribution in [-0.2, 0) is 14.8 Å². The highest BCUT2D eigenvalue weighted by molar-refractivity contribution is 7.89. The van der Waals surface area contributed by atoms with E-state index in [0.29, 0.717) is 32.0 Å². The molecule has 0 saturated carbocycles. The number of hydrogen-bond donors (Lipinski definition) is 2. The van der Waals surface area contributed by atoms with E-state index in [-0.39, 0.29) is 17.3 Å². The predicted molar refractivity (Wildman–Crippen MR) is 80.2 cm³/mol. The van der Waals surface area contributed by atoms with Crippen LogP contribution in [0.2, 0.25) is 0 Å². The van der Waals surface area contributed by atoms with Crippen LogP contribution in [-0.4, -0.2) is 48.9 Å². The fourth-order valence-corrected chi connectivity index (χ4v) is 2.44. The predicted octanol–water partition coefficient (Wildman–Crippen LogP) is 0.631. The van der Waals surface area contributed by atoms with Crippen LogP contribution < -0.4 is 14.8 Å². The van der Waals surface area contributed by atoms with Gasteiger partial charge in [-0.05, 0) is 24.3 Å². The number of nitrogens with one attached hydrogen (secondary N) is 2. The van der Waals surface area contributed by atoms with E-state index in [4.69, 9.17) is 9.47 Å². The van der Waals surface area contributed by atoms with Crippen molar-refractivity contribution in [1.29, 1.82) is 0 Å². The Kier molecular flexibility index (Phi) is 9.52. The molecule has 6 nitrogen and oxygen atoms in total. The fourth-order valence-electron chi connectivity index (χ4n) is 1.41. The molecule has 1 aromatic carbocycles. The van der Waals surface area contributed by atoms with Gasteiger partial charge < -0.3 is 14.8 Å². The van der Waals surface area contributed by atoms with Crippen LogP contribution in [0.25, 0.3) is 0 Å². The summed E-state index contributed by atoms with van der Waals surface area (Å²) >= 11 is 0. The first kappa shape index (κ1) is 19.1. The van der Waals surface area contributed by atoms with Gasteiger partial charge in [-0.3, -0.25) is 0 Å². The molecule has 1 rings (SSSR count). The normalized spacial score (nSPS) is 10.9. The third-order valence-electron chi connectivity index (χ3n) is 2.45. The number of benzene rings is 1. The highest BCUT2D eigenvalue weighted by atomic mass is 35.5. The second-order valence-electron chi connectivity index (χ2n) is 3.82. The van der Waals surface area contributed by atoms with E-state index in [1.807, 2.05) is 0 Å². The summed E-state index contributed by atoms with van der Waals surface area (Å²) in [5.41, 5.74) is 0. The Morgan fingerprint density at radius 1 is 1.05 bits per heavy atom. The monoisotopic (exact) mass is 324 g/mol. The van der Waals surface area contributed by atoms with Crippen LogP contribution in [0.5, 0.6) is 5.75 Å². The molecule has 2 N–H and O–H groups in total. The fraction of sp³-hybridized carbons (Fsp3) is 0.500. The first-order valence-electron chi connectivity index (χ1n) is 5.93. The van der Waals surface area contributed by atoms with E-state index in [0.717, 1.165) is 0 Å². The van der Waals surface area contributed by atoms with Gasteiger partial charge in [-0.1, -0.05) is 0 Å². The maximum atomic E-state index is 11.9. The van der Waals surface area contributed by atoms with Gasteiger partial charge in [0.05, 0.1) is 18.6 Å². The van der Waals surface area contributed by atoms with Gasteiger partial charge in [0.1, 0.15) is 5.75 Å². The lowest BCUT2D eigenvalue weighted by Crippen LogP contribution is -2.33. The summed E-state index contributed by atoms with van der Waals surface area (Å²) in [7, 11) is -0.301. The topological polar surface area (TPSA) is 76.7 Å². The molecule has 0 unspecified atom stereocenters. The molecule has 0 atom stereocenters. The summed E-state index contributed by atoms with van der Waals surface area (Å²) in [6.07, 6.45) is 0. The molecule has 0 fully saturated rings. The third kappa shape index (κ3) is 6.53. The zero-order valence-electron chi connectivity index (χ0n) is 11.6. The highest BCUT2D eigenvalue weighted by Crippen LogP contribution is 2.14. The number of ether oxygens (including phenoxy) is 2. The number of methoxy groups -OCH3 is 2. The van der Waals surface area contributed by atoms with Crippen LogP contribution in [0, 0.1) is 0 Å². The van der Waals surface area contributed by atoms with Crippen molar-refractivity contribution in [2.45, 2.75) is 4.90 Å². The van der Waals surface area contributed by atoms with Gasteiger partial charge in [-0.15, -0.1) is 12.4 Å². The van der Waals surface area contributed by atoms with Gasteiger partial charge >= 0.3 is 0 Å². The van der Waals surface area contributed by atoms with Crippen molar-refractivity contribution in [3.05, 3.63) is 24.3 Å². The Morgan fingerprint density at radius 3 is 2.25 bits per heavy atom. The zero-order chi connectivity index (χ0) is 14.1. The number of rotatable bonds is 9. The van der Waals surface area contributed by atoms with E-state index >= 15 is 0 Å². The van der Waals surface area contributed by atoms with Crippen LogP contribution in [0.3, 0.4) is 0 Å². The molecule has 0 bridgehead atoms.